The van der Waals surface area contributed by atoms with Gasteiger partial charge in [0.1, 0.15) is 11.2 Å². The maximum Gasteiger partial charge on any atom is 0.143 e. The van der Waals surface area contributed by atoms with Crippen LogP contribution in [-0.4, -0.2) is 0 Å². The van der Waals surface area contributed by atoms with Crippen LogP contribution >= 0.6 is 0 Å². The molecule has 0 aliphatic rings. The predicted octanol–water partition coefficient (Wildman–Crippen LogP) is 14.9. The maximum atomic E-state index is 6.78. The summed E-state index contributed by atoms with van der Waals surface area (Å²) in [6.07, 6.45) is 0. The van der Waals surface area contributed by atoms with E-state index in [1.54, 1.807) is 0 Å². The van der Waals surface area contributed by atoms with E-state index in [-0.39, 0.29) is 0 Å². The standard InChI is InChI=1S/C52H35NO/c1-4-15-36(16-5-1)37-27-29-42(30-28-37)53(43-31-32-44(38-17-6-2-7-18-38)48(35-43)39-19-8-3-9-20-39)50-26-13-12-23-45(50)46-24-14-25-47-49-33-40-21-10-11-22-41(40)34-51(49)54-52(46)47/h1-35H. The van der Waals surface area contributed by atoms with Gasteiger partial charge in [0.25, 0.3) is 0 Å². The molecule has 0 radical (unpaired) electrons. The lowest BCUT2D eigenvalue weighted by Crippen LogP contribution is -2.11. The highest BCUT2D eigenvalue weighted by molar-refractivity contribution is 6.14. The maximum absolute atomic E-state index is 6.78. The second-order valence-electron chi connectivity index (χ2n) is 13.7. The van der Waals surface area contributed by atoms with E-state index < -0.39 is 0 Å². The fourth-order valence-electron chi connectivity index (χ4n) is 7.85. The van der Waals surface area contributed by atoms with Gasteiger partial charge in [-0.25, -0.2) is 0 Å². The van der Waals surface area contributed by atoms with Gasteiger partial charge in [0.15, 0.2) is 0 Å². The first-order valence-corrected chi connectivity index (χ1v) is 18.4. The van der Waals surface area contributed by atoms with Gasteiger partial charge in [-0.05, 0) is 86.6 Å². The molecule has 0 saturated carbocycles. The lowest BCUT2D eigenvalue weighted by molar-refractivity contribution is 0.670. The molecule has 10 aromatic rings. The van der Waals surface area contributed by atoms with Crippen molar-refractivity contribution in [2.24, 2.45) is 0 Å². The molecule has 0 amide bonds. The van der Waals surface area contributed by atoms with E-state index in [9.17, 15) is 0 Å². The number of rotatable bonds is 7. The molecule has 2 heteroatoms. The number of hydrogen-bond donors (Lipinski definition) is 0. The summed E-state index contributed by atoms with van der Waals surface area (Å²) in [5.74, 6) is 0. The zero-order valence-electron chi connectivity index (χ0n) is 29.6. The van der Waals surface area contributed by atoms with Crippen LogP contribution in [0.25, 0.3) is 77.2 Å². The van der Waals surface area contributed by atoms with Crippen molar-refractivity contribution in [3.63, 3.8) is 0 Å². The Hall–Kier alpha value is -7.16. The van der Waals surface area contributed by atoms with E-state index in [2.05, 4.69) is 217 Å². The molecule has 0 spiro atoms. The first-order valence-electron chi connectivity index (χ1n) is 18.4. The lowest BCUT2D eigenvalue weighted by atomic mass is 9.93. The third kappa shape index (κ3) is 5.62. The molecule has 0 atom stereocenters. The van der Waals surface area contributed by atoms with Gasteiger partial charge in [-0.2, -0.15) is 0 Å². The van der Waals surface area contributed by atoms with Gasteiger partial charge in [0, 0.05) is 33.3 Å². The molecule has 0 fully saturated rings. The highest BCUT2D eigenvalue weighted by Gasteiger charge is 2.22. The monoisotopic (exact) mass is 689 g/mol. The molecular formula is C52H35NO. The van der Waals surface area contributed by atoms with E-state index in [1.807, 2.05) is 0 Å². The molecule has 0 N–H and O–H groups in total. The Morgan fingerprint density at radius 2 is 0.870 bits per heavy atom. The van der Waals surface area contributed by atoms with Crippen molar-refractivity contribution in [3.05, 3.63) is 212 Å². The Bertz CT molecular complexity index is 2910. The summed E-state index contributed by atoms with van der Waals surface area (Å²) in [7, 11) is 0. The molecular weight excluding hydrogens is 655 g/mol. The van der Waals surface area contributed by atoms with Crippen molar-refractivity contribution in [3.8, 4) is 44.5 Å². The fraction of sp³-hybridized carbons (Fsp3) is 0. The molecule has 1 heterocycles. The molecule has 54 heavy (non-hydrogen) atoms. The van der Waals surface area contributed by atoms with Crippen LogP contribution in [0.3, 0.4) is 0 Å². The Labute approximate surface area is 314 Å². The second kappa shape index (κ2) is 13.4. The van der Waals surface area contributed by atoms with E-state index in [4.69, 9.17) is 4.42 Å². The van der Waals surface area contributed by atoms with Crippen molar-refractivity contribution in [2.75, 3.05) is 4.90 Å². The average molecular weight is 690 g/mol. The van der Waals surface area contributed by atoms with Crippen molar-refractivity contribution in [1.82, 2.24) is 0 Å². The van der Waals surface area contributed by atoms with Crippen LogP contribution in [0.4, 0.5) is 17.1 Å². The molecule has 9 aromatic carbocycles. The third-order valence-corrected chi connectivity index (χ3v) is 10.5. The van der Waals surface area contributed by atoms with E-state index in [0.717, 1.165) is 50.1 Å². The molecule has 0 unspecified atom stereocenters. The Balaban J connectivity index is 1.20. The van der Waals surface area contributed by atoms with Crippen LogP contribution in [0.5, 0.6) is 0 Å². The number of furan rings is 1. The molecule has 254 valence electrons. The summed E-state index contributed by atoms with van der Waals surface area (Å²) >= 11 is 0. The van der Waals surface area contributed by atoms with E-state index in [0.29, 0.717) is 0 Å². The zero-order chi connectivity index (χ0) is 35.8. The molecule has 0 bridgehead atoms. The Morgan fingerprint density at radius 1 is 0.315 bits per heavy atom. The normalized spacial score (nSPS) is 11.3. The van der Waals surface area contributed by atoms with Crippen LogP contribution in [0, 0.1) is 0 Å². The summed E-state index contributed by atoms with van der Waals surface area (Å²) < 4.78 is 6.78. The number of nitrogens with zero attached hydrogens (tertiary/aromatic N) is 1. The minimum Gasteiger partial charge on any atom is -0.455 e. The van der Waals surface area contributed by atoms with Crippen LogP contribution in [0.2, 0.25) is 0 Å². The van der Waals surface area contributed by atoms with E-state index >= 15 is 0 Å². The van der Waals surface area contributed by atoms with Crippen molar-refractivity contribution in [1.29, 1.82) is 0 Å². The smallest absolute Gasteiger partial charge is 0.143 e. The van der Waals surface area contributed by atoms with Gasteiger partial charge >= 0.3 is 0 Å². The zero-order valence-corrected chi connectivity index (χ0v) is 29.6. The van der Waals surface area contributed by atoms with Crippen LogP contribution in [-0.2, 0) is 0 Å². The van der Waals surface area contributed by atoms with Gasteiger partial charge in [0.2, 0.25) is 0 Å². The van der Waals surface area contributed by atoms with Crippen LogP contribution < -0.4 is 4.90 Å². The highest BCUT2D eigenvalue weighted by atomic mass is 16.3. The number of anilines is 3. The molecule has 1 aromatic heterocycles. The van der Waals surface area contributed by atoms with Gasteiger partial charge in [-0.3, -0.25) is 0 Å². The quantitative estimate of drug-likeness (QED) is 0.166. The van der Waals surface area contributed by atoms with Crippen molar-refractivity contribution in [2.45, 2.75) is 0 Å². The summed E-state index contributed by atoms with van der Waals surface area (Å²) in [5, 5.41) is 4.61. The Kier molecular flexibility index (Phi) is 7.85. The van der Waals surface area contributed by atoms with Gasteiger partial charge in [0.05, 0.1) is 5.69 Å². The number of benzene rings is 9. The number of hydrogen-bond acceptors (Lipinski definition) is 2. The minimum absolute atomic E-state index is 0.888. The number of para-hydroxylation sites is 2. The van der Waals surface area contributed by atoms with Gasteiger partial charge in [-0.15, -0.1) is 0 Å². The van der Waals surface area contributed by atoms with Crippen LogP contribution in [0.1, 0.15) is 0 Å². The first kappa shape index (κ1) is 31.6. The summed E-state index contributed by atoms with van der Waals surface area (Å²) in [6.45, 7) is 0. The van der Waals surface area contributed by atoms with Gasteiger partial charge in [-0.1, -0.05) is 170 Å². The van der Waals surface area contributed by atoms with Crippen LogP contribution in [0.15, 0.2) is 217 Å². The molecule has 0 aliphatic heterocycles. The molecule has 0 saturated heterocycles. The molecule has 0 aliphatic carbocycles. The van der Waals surface area contributed by atoms with Gasteiger partial charge < -0.3 is 9.32 Å². The van der Waals surface area contributed by atoms with Crippen molar-refractivity contribution < 1.29 is 4.42 Å². The SMILES string of the molecule is c1ccc(-c2ccc(N(c3ccc(-c4ccccc4)c(-c4ccccc4)c3)c3ccccc3-c3cccc4c3oc3cc5ccccc5cc34)cc2)cc1. The second-order valence-corrected chi connectivity index (χ2v) is 13.7. The highest BCUT2D eigenvalue weighted by Crippen LogP contribution is 2.46. The summed E-state index contributed by atoms with van der Waals surface area (Å²) in [6, 6.07) is 75.8. The molecule has 2 nitrogen and oxygen atoms in total. The summed E-state index contributed by atoms with van der Waals surface area (Å²) in [5.41, 5.74) is 14.2. The van der Waals surface area contributed by atoms with E-state index in [1.165, 1.54) is 44.2 Å². The predicted molar refractivity (Wildman–Crippen MR) is 228 cm³/mol. The summed E-state index contributed by atoms with van der Waals surface area (Å²) in [4.78, 5) is 2.39. The Morgan fingerprint density at radius 3 is 1.59 bits per heavy atom. The van der Waals surface area contributed by atoms with Crippen molar-refractivity contribution >= 4 is 49.8 Å². The largest absolute Gasteiger partial charge is 0.455 e. The third-order valence-electron chi connectivity index (χ3n) is 10.5. The molecule has 10 rings (SSSR count). The minimum atomic E-state index is 0.888. The lowest BCUT2D eigenvalue weighted by Gasteiger charge is -2.29. The average Bonchev–Trinajstić information content (AvgIpc) is 3.62. The number of fused-ring (bicyclic) bond motifs is 4. The topological polar surface area (TPSA) is 16.4 Å². The first-order chi connectivity index (χ1) is 26.8. The fourth-order valence-corrected chi connectivity index (χ4v) is 7.85.